The van der Waals surface area contributed by atoms with Crippen LogP contribution >= 0.6 is 11.6 Å². The molecule has 2 heterocycles. The van der Waals surface area contributed by atoms with Crippen LogP contribution in [0.25, 0.3) is 11.0 Å². The van der Waals surface area contributed by atoms with Crippen LogP contribution in [0.3, 0.4) is 0 Å². The van der Waals surface area contributed by atoms with Gasteiger partial charge in [-0.1, -0.05) is 18.5 Å². The normalized spacial score (nSPS) is 11.2. The third-order valence-electron chi connectivity index (χ3n) is 2.38. The van der Waals surface area contributed by atoms with Crippen LogP contribution in [0.1, 0.15) is 18.9 Å². The lowest BCUT2D eigenvalue weighted by molar-refractivity contribution is 0.0800. The van der Waals surface area contributed by atoms with Crippen molar-refractivity contribution in [3.63, 3.8) is 0 Å². The van der Waals surface area contributed by atoms with Crippen molar-refractivity contribution in [2.45, 2.75) is 27.0 Å². The van der Waals surface area contributed by atoms with Crippen molar-refractivity contribution in [1.29, 1.82) is 0 Å². The summed E-state index contributed by atoms with van der Waals surface area (Å²) in [5, 5.41) is 1.40. The second-order valence-electron chi connectivity index (χ2n) is 3.68. The van der Waals surface area contributed by atoms with E-state index in [1.807, 2.05) is 17.7 Å². The van der Waals surface area contributed by atoms with Gasteiger partial charge in [0.2, 0.25) is 0 Å². The van der Waals surface area contributed by atoms with Crippen molar-refractivity contribution in [1.82, 2.24) is 14.5 Å². The highest BCUT2D eigenvalue weighted by atomic mass is 35.5. The van der Waals surface area contributed by atoms with Crippen molar-refractivity contribution < 1.29 is 4.74 Å². The van der Waals surface area contributed by atoms with Crippen molar-refractivity contribution >= 4 is 22.6 Å². The van der Waals surface area contributed by atoms with E-state index < -0.39 is 0 Å². The molecule has 0 aliphatic rings. The zero-order valence-corrected chi connectivity index (χ0v) is 10.2. The first-order valence-corrected chi connectivity index (χ1v) is 5.65. The van der Waals surface area contributed by atoms with Crippen LogP contribution in [0, 0.1) is 6.92 Å². The summed E-state index contributed by atoms with van der Waals surface area (Å²) in [6.45, 7) is 5.33. The molecule has 4 nitrogen and oxygen atoms in total. The van der Waals surface area contributed by atoms with Crippen molar-refractivity contribution in [3.8, 4) is 0 Å². The molecule has 5 heteroatoms. The van der Waals surface area contributed by atoms with Gasteiger partial charge in [0.05, 0.1) is 5.39 Å². The summed E-state index contributed by atoms with van der Waals surface area (Å²) in [4.78, 5) is 8.21. The number of aromatic nitrogens is 3. The Kier molecular flexibility index (Phi) is 3.41. The molecule has 86 valence electrons. The Morgan fingerprint density at radius 1 is 1.44 bits per heavy atom. The molecule has 0 N–H and O–H groups in total. The summed E-state index contributed by atoms with van der Waals surface area (Å²) in [5.41, 5.74) is 1.90. The largest absolute Gasteiger partial charge is 0.361 e. The molecule has 2 aromatic rings. The lowest BCUT2D eigenvalue weighted by Gasteiger charge is -2.04. The molecule has 0 spiro atoms. The smallest absolute Gasteiger partial charge is 0.147 e. The zero-order chi connectivity index (χ0) is 11.5. The van der Waals surface area contributed by atoms with Crippen molar-refractivity contribution in [3.05, 3.63) is 23.2 Å². The van der Waals surface area contributed by atoms with Gasteiger partial charge in [0, 0.05) is 12.8 Å². The van der Waals surface area contributed by atoms with E-state index in [0.29, 0.717) is 11.9 Å². The molecule has 0 saturated heterocycles. The molecule has 0 aliphatic heterocycles. The molecule has 2 aromatic heterocycles. The Morgan fingerprint density at radius 2 is 2.25 bits per heavy atom. The first-order chi connectivity index (χ1) is 7.74. The van der Waals surface area contributed by atoms with Crippen LogP contribution in [0.2, 0.25) is 5.15 Å². The maximum Gasteiger partial charge on any atom is 0.147 e. The maximum atomic E-state index is 6.03. The number of fused-ring (bicyclic) bond motifs is 1. The number of halogens is 1. The molecule has 0 atom stereocenters. The fraction of sp³-hybridized carbons (Fsp3) is 0.455. The maximum absolute atomic E-state index is 6.03. The van der Waals surface area contributed by atoms with Gasteiger partial charge in [-0.25, -0.2) is 9.97 Å². The van der Waals surface area contributed by atoms with Gasteiger partial charge in [-0.05, 0) is 18.9 Å². The number of rotatable bonds is 4. The molecule has 0 bridgehead atoms. The lowest BCUT2D eigenvalue weighted by atomic mass is 10.3. The quantitative estimate of drug-likeness (QED) is 0.609. The minimum Gasteiger partial charge on any atom is -0.361 e. The topological polar surface area (TPSA) is 39.9 Å². The number of ether oxygens (including phenoxy) is 1. The fourth-order valence-corrected chi connectivity index (χ4v) is 1.95. The van der Waals surface area contributed by atoms with Gasteiger partial charge in [-0.3, -0.25) is 0 Å². The summed E-state index contributed by atoms with van der Waals surface area (Å²) in [5.74, 6) is 0. The average molecular weight is 240 g/mol. The summed E-state index contributed by atoms with van der Waals surface area (Å²) < 4.78 is 7.44. The molecule has 0 radical (unpaired) electrons. The van der Waals surface area contributed by atoms with Gasteiger partial charge in [-0.2, -0.15) is 0 Å². The van der Waals surface area contributed by atoms with Crippen molar-refractivity contribution in [2.24, 2.45) is 0 Å². The van der Waals surface area contributed by atoms with Gasteiger partial charge < -0.3 is 9.30 Å². The van der Waals surface area contributed by atoms with Crippen LogP contribution in [-0.2, 0) is 11.5 Å². The molecule has 0 unspecified atom stereocenters. The molecule has 2 rings (SSSR count). The molecule has 0 amide bonds. The zero-order valence-electron chi connectivity index (χ0n) is 9.40. The third kappa shape index (κ3) is 2.03. The van der Waals surface area contributed by atoms with Crippen LogP contribution in [0.4, 0.5) is 0 Å². The Bertz CT molecular complexity index is 495. The highest BCUT2D eigenvalue weighted by molar-refractivity contribution is 6.34. The second kappa shape index (κ2) is 4.80. The molecular formula is C11H14ClN3O. The van der Waals surface area contributed by atoms with Gasteiger partial charge >= 0.3 is 0 Å². The SMILES string of the molecule is CCCOCn1cc(C)c2c(Cl)ncnc21. The molecule has 16 heavy (non-hydrogen) atoms. The van der Waals surface area contributed by atoms with Gasteiger partial charge in [-0.15, -0.1) is 0 Å². The number of hydrogen-bond acceptors (Lipinski definition) is 3. The molecular weight excluding hydrogens is 226 g/mol. The average Bonchev–Trinajstić information content (AvgIpc) is 2.58. The van der Waals surface area contributed by atoms with Crippen molar-refractivity contribution in [2.75, 3.05) is 6.61 Å². The van der Waals surface area contributed by atoms with Gasteiger partial charge in [0.15, 0.2) is 0 Å². The van der Waals surface area contributed by atoms with E-state index in [0.717, 1.165) is 29.6 Å². The Labute approximate surface area is 99.2 Å². The summed E-state index contributed by atoms with van der Waals surface area (Å²) in [7, 11) is 0. The van der Waals surface area contributed by atoms with Gasteiger partial charge in [0.1, 0.15) is 23.9 Å². The summed E-state index contributed by atoms with van der Waals surface area (Å²) in [6.07, 6.45) is 4.47. The van der Waals surface area contributed by atoms with Crippen LogP contribution in [0.5, 0.6) is 0 Å². The summed E-state index contributed by atoms with van der Waals surface area (Å²) >= 11 is 6.03. The molecule has 0 aromatic carbocycles. The minimum atomic E-state index is 0.497. The monoisotopic (exact) mass is 239 g/mol. The number of aryl methyl sites for hydroxylation is 1. The second-order valence-corrected chi connectivity index (χ2v) is 4.04. The fourth-order valence-electron chi connectivity index (χ4n) is 1.68. The Hall–Kier alpha value is -1.13. The molecule has 0 aliphatic carbocycles. The third-order valence-corrected chi connectivity index (χ3v) is 2.66. The number of nitrogens with zero attached hydrogens (tertiary/aromatic N) is 3. The predicted molar refractivity (Wildman–Crippen MR) is 63.5 cm³/mol. The van der Waals surface area contributed by atoms with E-state index in [1.165, 1.54) is 6.33 Å². The van der Waals surface area contributed by atoms with E-state index in [2.05, 4.69) is 16.9 Å². The van der Waals surface area contributed by atoms with E-state index in [-0.39, 0.29) is 0 Å². The van der Waals surface area contributed by atoms with Gasteiger partial charge in [0.25, 0.3) is 0 Å². The van der Waals surface area contributed by atoms with E-state index in [9.17, 15) is 0 Å². The highest BCUT2D eigenvalue weighted by Crippen LogP contribution is 2.24. The Balaban J connectivity index is 2.36. The standard InChI is InChI=1S/C11H14ClN3O/c1-3-4-16-7-15-5-8(2)9-10(12)13-6-14-11(9)15/h5-6H,3-4,7H2,1-2H3. The predicted octanol–water partition coefficient (Wildman–Crippen LogP) is 2.78. The molecule has 0 fully saturated rings. The van der Waals surface area contributed by atoms with Crippen LogP contribution < -0.4 is 0 Å². The van der Waals surface area contributed by atoms with E-state index in [4.69, 9.17) is 16.3 Å². The Morgan fingerprint density at radius 3 is 3.00 bits per heavy atom. The highest BCUT2D eigenvalue weighted by Gasteiger charge is 2.10. The number of hydrogen-bond donors (Lipinski definition) is 0. The first kappa shape index (κ1) is 11.4. The molecule has 0 saturated carbocycles. The van der Waals surface area contributed by atoms with Crippen LogP contribution in [0.15, 0.2) is 12.5 Å². The van der Waals surface area contributed by atoms with Crippen LogP contribution in [-0.4, -0.2) is 21.1 Å². The van der Waals surface area contributed by atoms with E-state index in [1.54, 1.807) is 0 Å². The first-order valence-electron chi connectivity index (χ1n) is 5.27. The lowest BCUT2D eigenvalue weighted by Crippen LogP contribution is -2.02. The minimum absolute atomic E-state index is 0.497. The van der Waals surface area contributed by atoms with E-state index >= 15 is 0 Å². The summed E-state index contributed by atoms with van der Waals surface area (Å²) in [6, 6.07) is 0.